The molecule has 0 amide bonds. The van der Waals surface area contributed by atoms with Gasteiger partial charge in [0.15, 0.2) is 0 Å². The van der Waals surface area contributed by atoms with Gasteiger partial charge in [-0.1, -0.05) is 19.1 Å². The Morgan fingerprint density at radius 2 is 2.16 bits per heavy atom. The fraction of sp³-hybridized carbons (Fsp3) is 0.300. The molecule has 25 heavy (non-hydrogen) atoms. The summed E-state index contributed by atoms with van der Waals surface area (Å²) in [7, 11) is 3.82. The predicted molar refractivity (Wildman–Crippen MR) is 108 cm³/mol. The highest BCUT2D eigenvalue weighted by atomic mass is 32.2. The fourth-order valence-corrected chi connectivity index (χ4v) is 3.26. The summed E-state index contributed by atoms with van der Waals surface area (Å²) in [5.74, 6) is 1.99. The van der Waals surface area contributed by atoms with Gasteiger partial charge in [0.05, 0.1) is 0 Å². The standard InChI is InChI=1S/C20H27N3OS/c1-14-10-19(16(12-22-2)13-23-3)24-20(14)18(8-9-21)15-6-5-7-17(11-15)25-4/h5-12,14,22-23H,13,21H2,1-4H3/b9-8-,16-12+,20-18-. The summed E-state index contributed by atoms with van der Waals surface area (Å²) in [6.45, 7) is 2.87. The molecule has 0 radical (unpaired) electrons. The van der Waals surface area contributed by atoms with Crippen LogP contribution >= 0.6 is 11.8 Å². The Balaban J connectivity index is 2.43. The molecule has 1 unspecified atom stereocenters. The van der Waals surface area contributed by atoms with Crippen LogP contribution in [0.5, 0.6) is 0 Å². The van der Waals surface area contributed by atoms with Crippen molar-refractivity contribution in [3.63, 3.8) is 0 Å². The summed E-state index contributed by atoms with van der Waals surface area (Å²) in [6, 6.07) is 8.42. The number of rotatable bonds is 7. The van der Waals surface area contributed by atoms with Gasteiger partial charge in [-0.25, -0.2) is 0 Å². The van der Waals surface area contributed by atoms with E-state index in [0.29, 0.717) is 0 Å². The predicted octanol–water partition coefficient (Wildman–Crippen LogP) is 3.46. The van der Waals surface area contributed by atoms with E-state index in [1.54, 1.807) is 18.0 Å². The van der Waals surface area contributed by atoms with Crippen LogP contribution in [-0.2, 0) is 4.74 Å². The van der Waals surface area contributed by atoms with E-state index < -0.39 is 0 Å². The lowest BCUT2D eigenvalue weighted by atomic mass is 9.99. The van der Waals surface area contributed by atoms with Crippen molar-refractivity contribution in [2.45, 2.75) is 11.8 Å². The number of thioether (sulfide) groups is 1. The van der Waals surface area contributed by atoms with E-state index in [1.807, 2.05) is 26.4 Å². The molecule has 1 atom stereocenters. The summed E-state index contributed by atoms with van der Waals surface area (Å²) in [5.41, 5.74) is 8.93. The van der Waals surface area contributed by atoms with Crippen molar-refractivity contribution < 1.29 is 4.74 Å². The van der Waals surface area contributed by atoms with Crippen LogP contribution in [0.4, 0.5) is 0 Å². The quantitative estimate of drug-likeness (QED) is 0.653. The Morgan fingerprint density at radius 3 is 2.80 bits per heavy atom. The first-order valence-electron chi connectivity index (χ1n) is 8.32. The van der Waals surface area contributed by atoms with Crippen molar-refractivity contribution >= 4 is 17.3 Å². The van der Waals surface area contributed by atoms with Gasteiger partial charge in [0.2, 0.25) is 0 Å². The second-order valence-corrected chi connectivity index (χ2v) is 6.66. The molecule has 0 saturated heterocycles. The summed E-state index contributed by atoms with van der Waals surface area (Å²) in [4.78, 5) is 1.21. The maximum absolute atomic E-state index is 6.26. The van der Waals surface area contributed by atoms with Crippen LogP contribution < -0.4 is 16.4 Å². The van der Waals surface area contributed by atoms with Gasteiger partial charge in [-0.15, -0.1) is 11.8 Å². The molecule has 0 spiro atoms. The SMILES string of the molecule is CN/C=C(\CNC)C1=CC(C)/C(=C(\C=C/N)c2cccc(SC)c2)O1. The zero-order chi connectivity index (χ0) is 18.2. The van der Waals surface area contributed by atoms with Gasteiger partial charge in [0.25, 0.3) is 0 Å². The lowest BCUT2D eigenvalue weighted by Crippen LogP contribution is -2.14. The number of hydrogen-bond donors (Lipinski definition) is 3. The Hall–Kier alpha value is -2.11. The number of likely N-dealkylation sites (N-methyl/N-ethyl adjacent to an activating group) is 1. The second-order valence-electron chi connectivity index (χ2n) is 5.78. The van der Waals surface area contributed by atoms with E-state index in [4.69, 9.17) is 10.5 Å². The summed E-state index contributed by atoms with van der Waals surface area (Å²) in [5, 5.41) is 6.26. The number of ether oxygens (including phenoxy) is 1. The molecule has 1 aliphatic heterocycles. The minimum absolute atomic E-state index is 0.177. The molecule has 0 fully saturated rings. The van der Waals surface area contributed by atoms with E-state index in [1.165, 1.54) is 4.90 Å². The van der Waals surface area contributed by atoms with E-state index in [-0.39, 0.29) is 5.92 Å². The Bertz CT molecular complexity index is 719. The van der Waals surface area contributed by atoms with Gasteiger partial charge in [0.1, 0.15) is 11.5 Å². The Kier molecular flexibility index (Phi) is 7.22. The lowest BCUT2D eigenvalue weighted by Gasteiger charge is -2.14. The zero-order valence-corrected chi connectivity index (χ0v) is 16.1. The van der Waals surface area contributed by atoms with Crippen LogP contribution in [0.2, 0.25) is 0 Å². The third-order valence-electron chi connectivity index (χ3n) is 3.95. The van der Waals surface area contributed by atoms with Gasteiger partial charge in [-0.3, -0.25) is 0 Å². The molecule has 4 nitrogen and oxygen atoms in total. The smallest absolute Gasteiger partial charge is 0.129 e. The molecule has 0 saturated carbocycles. The molecule has 1 aromatic rings. The Morgan fingerprint density at radius 1 is 1.36 bits per heavy atom. The fourth-order valence-electron chi connectivity index (χ4n) is 2.80. The van der Waals surface area contributed by atoms with Crippen molar-refractivity contribution in [2.75, 3.05) is 26.9 Å². The van der Waals surface area contributed by atoms with Gasteiger partial charge in [0, 0.05) is 41.8 Å². The molecule has 0 bridgehead atoms. The highest BCUT2D eigenvalue weighted by Gasteiger charge is 2.25. The van der Waals surface area contributed by atoms with Crippen LogP contribution in [-0.4, -0.2) is 26.9 Å². The molecule has 1 aromatic carbocycles. The largest absolute Gasteiger partial charge is 0.460 e. The van der Waals surface area contributed by atoms with Crippen LogP contribution in [0.1, 0.15) is 12.5 Å². The summed E-state index contributed by atoms with van der Waals surface area (Å²) >= 11 is 1.72. The molecule has 1 heterocycles. The molecular formula is C20H27N3OS. The number of hydrogen-bond acceptors (Lipinski definition) is 5. The van der Waals surface area contributed by atoms with Crippen molar-refractivity contribution in [3.05, 3.63) is 71.5 Å². The lowest BCUT2D eigenvalue weighted by molar-refractivity contribution is 0.317. The first-order chi connectivity index (χ1) is 12.1. The van der Waals surface area contributed by atoms with Crippen LogP contribution in [0.25, 0.3) is 5.57 Å². The number of allylic oxidation sites excluding steroid dienone is 3. The monoisotopic (exact) mass is 357 g/mol. The molecule has 5 heteroatoms. The number of nitrogens with two attached hydrogens (primary N) is 1. The maximum Gasteiger partial charge on any atom is 0.129 e. The van der Waals surface area contributed by atoms with E-state index in [2.05, 4.69) is 54.2 Å². The molecular weight excluding hydrogens is 330 g/mol. The molecule has 2 rings (SSSR count). The minimum Gasteiger partial charge on any atom is -0.460 e. The Labute approximate surface area is 154 Å². The van der Waals surface area contributed by atoms with E-state index in [9.17, 15) is 0 Å². The highest BCUT2D eigenvalue weighted by molar-refractivity contribution is 7.98. The van der Waals surface area contributed by atoms with Crippen LogP contribution in [0, 0.1) is 5.92 Å². The van der Waals surface area contributed by atoms with Crippen molar-refractivity contribution in [1.29, 1.82) is 0 Å². The van der Waals surface area contributed by atoms with Crippen LogP contribution in [0.3, 0.4) is 0 Å². The van der Waals surface area contributed by atoms with E-state index in [0.717, 1.165) is 34.8 Å². The highest BCUT2D eigenvalue weighted by Crippen LogP contribution is 2.37. The van der Waals surface area contributed by atoms with Gasteiger partial charge in [-0.05, 0) is 49.4 Å². The normalized spacial score (nSPS) is 19.8. The van der Waals surface area contributed by atoms with Crippen LogP contribution in [0.15, 0.2) is 70.8 Å². The third kappa shape index (κ3) is 4.71. The second kappa shape index (κ2) is 9.39. The molecule has 0 aliphatic carbocycles. The third-order valence-corrected chi connectivity index (χ3v) is 4.67. The molecule has 134 valence electrons. The molecule has 0 aromatic heterocycles. The first-order valence-corrected chi connectivity index (χ1v) is 9.54. The van der Waals surface area contributed by atoms with Gasteiger partial charge < -0.3 is 21.1 Å². The number of benzene rings is 1. The van der Waals surface area contributed by atoms with Gasteiger partial charge >= 0.3 is 0 Å². The number of nitrogens with one attached hydrogen (secondary N) is 2. The zero-order valence-electron chi connectivity index (χ0n) is 15.3. The maximum atomic E-state index is 6.26. The van der Waals surface area contributed by atoms with Crippen molar-refractivity contribution in [3.8, 4) is 0 Å². The first kappa shape index (κ1) is 19.2. The summed E-state index contributed by atoms with van der Waals surface area (Å²) < 4.78 is 6.26. The topological polar surface area (TPSA) is 59.3 Å². The molecule has 1 aliphatic rings. The molecule has 4 N–H and O–H groups in total. The average molecular weight is 358 g/mol. The average Bonchev–Trinajstić information content (AvgIpc) is 3.01. The summed E-state index contributed by atoms with van der Waals surface area (Å²) in [6.07, 6.45) is 9.68. The van der Waals surface area contributed by atoms with Gasteiger partial charge in [-0.2, -0.15) is 0 Å². The van der Waals surface area contributed by atoms with E-state index >= 15 is 0 Å². The van der Waals surface area contributed by atoms with Crippen molar-refractivity contribution in [1.82, 2.24) is 10.6 Å². The van der Waals surface area contributed by atoms with Crippen molar-refractivity contribution in [2.24, 2.45) is 11.7 Å². The minimum atomic E-state index is 0.177.